The fraction of sp³-hybridized carbons (Fsp3) is 0.550. The highest BCUT2D eigenvalue weighted by molar-refractivity contribution is 5.85. The van der Waals surface area contributed by atoms with E-state index in [1.807, 2.05) is 0 Å². The molecule has 126 valence electrons. The molecule has 5 rings (SSSR count). The predicted molar refractivity (Wildman–Crippen MR) is 92.8 cm³/mol. The largest absolute Gasteiger partial charge is 0.368 e. The minimum absolute atomic E-state index is 0.219. The Morgan fingerprint density at radius 3 is 2.75 bits per heavy atom. The number of nitrogens with zero attached hydrogens (tertiary/aromatic N) is 1. The van der Waals surface area contributed by atoms with Crippen LogP contribution < -0.4 is 0 Å². The van der Waals surface area contributed by atoms with Gasteiger partial charge in [0.25, 0.3) is 0 Å². The minimum Gasteiger partial charge on any atom is -0.368 e. The summed E-state index contributed by atoms with van der Waals surface area (Å²) in [7, 11) is 0. The van der Waals surface area contributed by atoms with Gasteiger partial charge in [-0.1, -0.05) is 24.6 Å². The maximum atomic E-state index is 12.5. The second-order valence-corrected chi connectivity index (χ2v) is 7.57. The van der Waals surface area contributed by atoms with Gasteiger partial charge in [-0.3, -0.25) is 4.79 Å². The smallest absolute Gasteiger partial charge is 0.225 e. The Balaban J connectivity index is 1.43. The molecule has 0 bridgehead atoms. The molecule has 2 aliphatic heterocycles. The Morgan fingerprint density at radius 2 is 2.00 bits per heavy atom. The van der Waals surface area contributed by atoms with Crippen LogP contribution in [0.5, 0.6) is 0 Å². The van der Waals surface area contributed by atoms with Crippen LogP contribution in [0.3, 0.4) is 0 Å². The molecule has 0 atom stereocenters. The molecular weight excluding hydrogens is 300 g/mol. The van der Waals surface area contributed by atoms with Crippen LogP contribution in [0.2, 0.25) is 0 Å². The van der Waals surface area contributed by atoms with Crippen LogP contribution >= 0.6 is 0 Å². The quantitative estimate of drug-likeness (QED) is 0.874. The highest BCUT2D eigenvalue weighted by Crippen LogP contribution is 2.44. The molecule has 3 heterocycles. The van der Waals surface area contributed by atoms with Crippen LogP contribution in [-0.2, 0) is 21.6 Å². The third-order valence-corrected chi connectivity index (χ3v) is 6.34. The number of fused-ring (bicyclic) bond motifs is 4. The molecule has 2 fully saturated rings. The monoisotopic (exact) mass is 324 g/mol. The molecule has 1 amide bonds. The van der Waals surface area contributed by atoms with Gasteiger partial charge in [0.1, 0.15) is 5.60 Å². The maximum Gasteiger partial charge on any atom is 0.225 e. The second-order valence-electron chi connectivity index (χ2n) is 7.57. The molecule has 1 aliphatic carbocycles. The van der Waals surface area contributed by atoms with Gasteiger partial charge in [-0.05, 0) is 43.7 Å². The number of benzene rings is 1. The van der Waals surface area contributed by atoms with E-state index in [-0.39, 0.29) is 5.60 Å². The summed E-state index contributed by atoms with van der Waals surface area (Å²) in [6.07, 6.45) is 6.18. The van der Waals surface area contributed by atoms with Gasteiger partial charge in [0.2, 0.25) is 5.91 Å². The zero-order chi connectivity index (χ0) is 16.1. The van der Waals surface area contributed by atoms with Gasteiger partial charge < -0.3 is 14.6 Å². The Bertz CT molecular complexity index is 782. The van der Waals surface area contributed by atoms with Crippen molar-refractivity contribution in [1.29, 1.82) is 0 Å². The molecule has 3 aliphatic rings. The first kappa shape index (κ1) is 14.5. The van der Waals surface area contributed by atoms with Gasteiger partial charge in [-0.25, -0.2) is 0 Å². The molecule has 1 aromatic heterocycles. The van der Waals surface area contributed by atoms with Crippen molar-refractivity contribution in [2.24, 2.45) is 5.92 Å². The highest BCUT2D eigenvalue weighted by atomic mass is 16.5. The van der Waals surface area contributed by atoms with Crippen LogP contribution in [0.25, 0.3) is 10.9 Å². The third-order valence-electron chi connectivity index (χ3n) is 6.34. The SMILES string of the molecule is O=C(C1CCC1)N1CCC2(CC1)OCCc1c2[nH]c2ccccc12. The molecule has 4 nitrogen and oxygen atoms in total. The van der Waals surface area contributed by atoms with E-state index in [9.17, 15) is 4.79 Å². The Hall–Kier alpha value is -1.81. The summed E-state index contributed by atoms with van der Waals surface area (Å²) < 4.78 is 6.32. The van der Waals surface area contributed by atoms with E-state index in [1.165, 1.54) is 28.6 Å². The first-order chi connectivity index (χ1) is 11.8. The molecule has 1 saturated heterocycles. The zero-order valence-corrected chi connectivity index (χ0v) is 14.0. The van der Waals surface area contributed by atoms with Crippen LogP contribution in [0.15, 0.2) is 24.3 Å². The van der Waals surface area contributed by atoms with Crippen molar-refractivity contribution in [3.8, 4) is 0 Å². The Kier molecular flexibility index (Phi) is 3.24. The number of hydrogen-bond acceptors (Lipinski definition) is 2. The molecule has 1 spiro atoms. The summed E-state index contributed by atoms with van der Waals surface area (Å²) in [4.78, 5) is 18.2. The van der Waals surface area contributed by atoms with Crippen molar-refractivity contribution in [1.82, 2.24) is 9.88 Å². The van der Waals surface area contributed by atoms with Gasteiger partial charge in [0.05, 0.1) is 12.3 Å². The van der Waals surface area contributed by atoms with Crippen molar-refractivity contribution >= 4 is 16.8 Å². The second kappa shape index (κ2) is 5.35. The first-order valence-corrected chi connectivity index (χ1v) is 9.30. The number of likely N-dealkylation sites (tertiary alicyclic amines) is 1. The number of carbonyl (C=O) groups excluding carboxylic acids is 1. The standard InChI is InChI=1S/C20H24N2O2/c23-19(14-4-3-5-14)22-11-9-20(10-12-22)18-16(8-13-24-20)15-6-1-2-7-17(15)21-18/h1-2,6-7,14,21H,3-5,8-13H2. The predicted octanol–water partition coefficient (Wildman–Crippen LogP) is 3.36. The summed E-state index contributed by atoms with van der Waals surface area (Å²) in [6, 6.07) is 8.55. The molecule has 0 unspecified atom stereocenters. The van der Waals surface area contributed by atoms with E-state index in [4.69, 9.17) is 4.74 Å². The number of ether oxygens (including phenoxy) is 1. The lowest BCUT2D eigenvalue weighted by molar-refractivity contribution is -0.147. The topological polar surface area (TPSA) is 45.3 Å². The number of nitrogens with one attached hydrogen (secondary N) is 1. The van der Waals surface area contributed by atoms with Gasteiger partial charge in [-0.2, -0.15) is 0 Å². The number of H-pyrrole nitrogens is 1. The number of hydrogen-bond donors (Lipinski definition) is 1. The van der Waals surface area contributed by atoms with Crippen LogP contribution in [0, 0.1) is 5.92 Å². The van der Waals surface area contributed by atoms with Gasteiger partial charge in [0.15, 0.2) is 0 Å². The van der Waals surface area contributed by atoms with Gasteiger partial charge in [0, 0.05) is 29.9 Å². The highest BCUT2D eigenvalue weighted by Gasteiger charge is 2.44. The van der Waals surface area contributed by atoms with E-state index < -0.39 is 0 Å². The van der Waals surface area contributed by atoms with Crippen molar-refractivity contribution in [2.45, 2.75) is 44.1 Å². The summed E-state index contributed by atoms with van der Waals surface area (Å²) >= 11 is 0. The summed E-state index contributed by atoms with van der Waals surface area (Å²) in [5.41, 5.74) is 3.69. The lowest BCUT2D eigenvalue weighted by Gasteiger charge is -2.45. The van der Waals surface area contributed by atoms with Gasteiger partial charge in [-0.15, -0.1) is 0 Å². The number of aromatic amines is 1. The Labute approximate surface area is 142 Å². The molecule has 0 radical (unpaired) electrons. The van der Waals surface area contributed by atoms with E-state index in [0.29, 0.717) is 11.8 Å². The summed E-state index contributed by atoms with van der Waals surface area (Å²) in [5.74, 6) is 0.679. The van der Waals surface area contributed by atoms with E-state index in [2.05, 4.69) is 34.1 Å². The van der Waals surface area contributed by atoms with Crippen LogP contribution in [0.1, 0.15) is 43.4 Å². The summed E-state index contributed by atoms with van der Waals surface area (Å²) in [6.45, 7) is 2.43. The summed E-state index contributed by atoms with van der Waals surface area (Å²) in [5, 5.41) is 1.34. The van der Waals surface area contributed by atoms with Crippen molar-refractivity contribution in [2.75, 3.05) is 19.7 Å². The molecular formula is C20H24N2O2. The molecule has 24 heavy (non-hydrogen) atoms. The van der Waals surface area contributed by atoms with E-state index >= 15 is 0 Å². The fourth-order valence-electron chi connectivity index (χ4n) is 4.67. The lowest BCUT2D eigenvalue weighted by atomic mass is 9.81. The number of carbonyl (C=O) groups is 1. The van der Waals surface area contributed by atoms with E-state index in [0.717, 1.165) is 51.8 Å². The van der Waals surface area contributed by atoms with Crippen molar-refractivity contribution in [3.05, 3.63) is 35.5 Å². The minimum atomic E-state index is -0.219. The average molecular weight is 324 g/mol. The molecule has 1 aromatic carbocycles. The lowest BCUT2D eigenvalue weighted by Crippen LogP contribution is -2.50. The number of amides is 1. The molecule has 1 N–H and O–H groups in total. The average Bonchev–Trinajstić information content (AvgIpc) is 2.95. The maximum absolute atomic E-state index is 12.5. The number of para-hydroxylation sites is 1. The van der Waals surface area contributed by atoms with Crippen LogP contribution in [-0.4, -0.2) is 35.5 Å². The van der Waals surface area contributed by atoms with Gasteiger partial charge >= 0.3 is 0 Å². The fourth-order valence-corrected chi connectivity index (χ4v) is 4.67. The molecule has 1 saturated carbocycles. The number of rotatable bonds is 1. The van der Waals surface area contributed by atoms with Crippen LogP contribution in [0.4, 0.5) is 0 Å². The number of aromatic nitrogens is 1. The normalized spacial score (nSPS) is 23.2. The van der Waals surface area contributed by atoms with Crippen molar-refractivity contribution < 1.29 is 9.53 Å². The zero-order valence-electron chi connectivity index (χ0n) is 14.0. The molecule has 2 aromatic rings. The first-order valence-electron chi connectivity index (χ1n) is 9.30. The third kappa shape index (κ3) is 2.05. The van der Waals surface area contributed by atoms with Crippen molar-refractivity contribution in [3.63, 3.8) is 0 Å². The number of piperidine rings is 1. The molecule has 4 heteroatoms. The van der Waals surface area contributed by atoms with E-state index in [1.54, 1.807) is 0 Å². The Morgan fingerprint density at radius 1 is 1.21 bits per heavy atom.